The van der Waals surface area contributed by atoms with E-state index in [0.717, 1.165) is 43.7 Å². The lowest BCUT2D eigenvalue weighted by atomic mass is 9.81. The number of hydrogen-bond donors (Lipinski definition) is 2. The minimum atomic E-state index is -0.367. The topological polar surface area (TPSA) is 80.0 Å². The van der Waals surface area contributed by atoms with Crippen LogP contribution in [-0.2, 0) is 6.42 Å². The van der Waals surface area contributed by atoms with Crippen molar-refractivity contribution in [2.45, 2.75) is 51.6 Å². The molecule has 3 rings (SSSR count). The highest BCUT2D eigenvalue weighted by Gasteiger charge is 2.44. The number of anilines is 1. The first-order valence-corrected chi connectivity index (χ1v) is 8.13. The number of hydrogen-bond acceptors (Lipinski definition) is 5. The summed E-state index contributed by atoms with van der Waals surface area (Å²) in [5.41, 5.74) is 14.2. The van der Waals surface area contributed by atoms with Crippen molar-refractivity contribution in [3.05, 3.63) is 29.8 Å². The van der Waals surface area contributed by atoms with Crippen molar-refractivity contribution in [2.24, 2.45) is 27.4 Å². The maximum atomic E-state index is 6.28. The third kappa shape index (κ3) is 3.15. The van der Waals surface area contributed by atoms with Gasteiger partial charge in [-0.25, -0.2) is 4.99 Å². The summed E-state index contributed by atoms with van der Waals surface area (Å²) in [5.74, 6) is 1.49. The molecule has 0 aromatic heterocycles. The summed E-state index contributed by atoms with van der Waals surface area (Å²) in [7, 11) is 0. The Bertz CT molecular complexity index is 617. The number of rotatable bonds is 2. The van der Waals surface area contributed by atoms with Crippen molar-refractivity contribution in [1.82, 2.24) is 0 Å². The summed E-state index contributed by atoms with van der Waals surface area (Å²) < 4.78 is 0. The van der Waals surface area contributed by atoms with E-state index in [4.69, 9.17) is 16.5 Å². The van der Waals surface area contributed by atoms with Gasteiger partial charge in [-0.2, -0.15) is 4.99 Å². The molecular weight excluding hydrogens is 310 g/mol. The number of para-hydroxylation sites is 1. The quantitative estimate of drug-likeness (QED) is 0.871. The molecule has 0 amide bonds. The van der Waals surface area contributed by atoms with E-state index in [0.29, 0.717) is 11.9 Å². The normalized spacial score (nSPS) is 27.2. The van der Waals surface area contributed by atoms with Gasteiger partial charge < -0.3 is 11.5 Å². The summed E-state index contributed by atoms with van der Waals surface area (Å²) >= 11 is 0. The molecule has 1 spiro atoms. The number of aliphatic imine (C=N–C) groups is 2. The number of benzene rings is 1. The third-order valence-electron chi connectivity index (χ3n) is 4.89. The fourth-order valence-corrected chi connectivity index (χ4v) is 3.60. The Morgan fingerprint density at radius 2 is 1.87 bits per heavy atom. The molecule has 1 aliphatic carbocycles. The molecule has 4 N–H and O–H groups in total. The van der Waals surface area contributed by atoms with Crippen LogP contribution >= 0.6 is 12.4 Å². The molecule has 6 heteroatoms. The monoisotopic (exact) mass is 335 g/mol. The van der Waals surface area contributed by atoms with Gasteiger partial charge in [0, 0.05) is 5.69 Å². The Labute approximate surface area is 144 Å². The third-order valence-corrected chi connectivity index (χ3v) is 4.89. The van der Waals surface area contributed by atoms with Crippen LogP contribution in [0.2, 0.25) is 0 Å². The lowest BCUT2D eigenvalue weighted by molar-refractivity contribution is 0.252. The summed E-state index contributed by atoms with van der Waals surface area (Å²) in [5, 5.41) is 0. The molecule has 1 aliphatic heterocycles. The minimum absolute atomic E-state index is 0. The molecule has 1 heterocycles. The largest absolute Gasteiger partial charge is 0.369 e. The molecule has 126 valence electrons. The average Bonchev–Trinajstić information content (AvgIpc) is 2.50. The second kappa shape index (κ2) is 6.79. The molecule has 1 aromatic carbocycles. The number of nitrogens with two attached hydrogens (primary N) is 2. The van der Waals surface area contributed by atoms with Crippen molar-refractivity contribution in [3.63, 3.8) is 0 Å². The molecule has 0 saturated heterocycles. The van der Waals surface area contributed by atoms with E-state index < -0.39 is 0 Å². The van der Waals surface area contributed by atoms with E-state index in [1.807, 2.05) is 6.07 Å². The number of nitrogens with zero attached hydrogens (tertiary/aromatic N) is 3. The molecule has 0 atom stereocenters. The van der Waals surface area contributed by atoms with Crippen LogP contribution in [0.25, 0.3) is 0 Å². The van der Waals surface area contributed by atoms with Crippen LogP contribution in [0.15, 0.2) is 34.3 Å². The van der Waals surface area contributed by atoms with Gasteiger partial charge in [0.15, 0.2) is 0 Å². The van der Waals surface area contributed by atoms with Crippen molar-refractivity contribution < 1.29 is 0 Å². The summed E-state index contributed by atoms with van der Waals surface area (Å²) in [4.78, 5) is 11.1. The van der Waals surface area contributed by atoms with E-state index in [-0.39, 0.29) is 18.1 Å². The molecular formula is C17H26ClN5. The molecule has 2 aliphatic rings. The first-order chi connectivity index (χ1) is 10.6. The fourth-order valence-electron chi connectivity index (χ4n) is 3.60. The lowest BCUT2D eigenvalue weighted by Crippen LogP contribution is -2.59. The van der Waals surface area contributed by atoms with E-state index >= 15 is 0 Å². The fraction of sp³-hybridized carbons (Fsp3) is 0.529. The zero-order chi connectivity index (χ0) is 15.7. The van der Waals surface area contributed by atoms with Gasteiger partial charge in [0.1, 0.15) is 5.66 Å². The summed E-state index contributed by atoms with van der Waals surface area (Å²) in [6.07, 6.45) is 5.14. The van der Waals surface area contributed by atoms with Gasteiger partial charge >= 0.3 is 0 Å². The van der Waals surface area contributed by atoms with Gasteiger partial charge in [0.2, 0.25) is 11.9 Å². The second-order valence-corrected chi connectivity index (χ2v) is 6.42. The van der Waals surface area contributed by atoms with Crippen molar-refractivity contribution in [1.29, 1.82) is 0 Å². The predicted molar refractivity (Wildman–Crippen MR) is 99.2 cm³/mol. The average molecular weight is 336 g/mol. The van der Waals surface area contributed by atoms with Crippen LogP contribution in [0, 0.1) is 5.92 Å². The number of aryl methyl sites for hydroxylation is 1. The summed E-state index contributed by atoms with van der Waals surface area (Å²) in [6, 6.07) is 8.36. The van der Waals surface area contributed by atoms with E-state index in [2.05, 4.69) is 41.9 Å². The van der Waals surface area contributed by atoms with Crippen molar-refractivity contribution >= 4 is 30.0 Å². The van der Waals surface area contributed by atoms with Gasteiger partial charge in [-0.3, -0.25) is 4.90 Å². The van der Waals surface area contributed by atoms with E-state index in [1.54, 1.807) is 0 Å². The first-order valence-electron chi connectivity index (χ1n) is 8.13. The van der Waals surface area contributed by atoms with E-state index in [9.17, 15) is 0 Å². The zero-order valence-corrected chi connectivity index (χ0v) is 14.6. The standard InChI is InChI=1S/C17H25N5.ClH/c1-3-13-6-4-5-7-14(13)22-16(19)20-15(18)21-17(22)10-8-12(2)9-11-17;/h4-7,12H,3,8-11H2,1-2H3,(H4,18,19,20,21);1H. The maximum absolute atomic E-state index is 6.28. The van der Waals surface area contributed by atoms with Crippen LogP contribution in [0.4, 0.5) is 5.69 Å². The van der Waals surface area contributed by atoms with Gasteiger partial charge in [0.25, 0.3) is 0 Å². The van der Waals surface area contributed by atoms with Crippen molar-refractivity contribution in [3.8, 4) is 0 Å². The predicted octanol–water partition coefficient (Wildman–Crippen LogP) is 3.03. The van der Waals surface area contributed by atoms with E-state index in [1.165, 1.54) is 5.56 Å². The SMILES string of the molecule is CCc1ccccc1N1C(N)=NC(N)=NC12CCC(C)CC2.Cl. The summed E-state index contributed by atoms with van der Waals surface area (Å²) in [6.45, 7) is 4.45. The van der Waals surface area contributed by atoms with Gasteiger partial charge in [-0.1, -0.05) is 32.0 Å². The highest BCUT2D eigenvalue weighted by Crippen LogP contribution is 2.42. The molecule has 0 bridgehead atoms. The Kier molecular flexibility index (Phi) is 5.19. The minimum Gasteiger partial charge on any atom is -0.369 e. The van der Waals surface area contributed by atoms with Crippen LogP contribution in [0.3, 0.4) is 0 Å². The highest BCUT2D eigenvalue weighted by atomic mass is 35.5. The van der Waals surface area contributed by atoms with Crippen LogP contribution in [0.5, 0.6) is 0 Å². The highest BCUT2D eigenvalue weighted by molar-refractivity contribution is 6.06. The zero-order valence-electron chi connectivity index (χ0n) is 13.8. The van der Waals surface area contributed by atoms with Crippen LogP contribution in [0.1, 0.15) is 45.1 Å². The molecule has 1 fully saturated rings. The Balaban J connectivity index is 0.00000192. The molecule has 5 nitrogen and oxygen atoms in total. The molecule has 0 unspecified atom stereocenters. The van der Waals surface area contributed by atoms with Gasteiger partial charge in [-0.05, 0) is 49.7 Å². The Morgan fingerprint density at radius 3 is 2.52 bits per heavy atom. The van der Waals surface area contributed by atoms with Crippen LogP contribution in [-0.4, -0.2) is 17.6 Å². The Morgan fingerprint density at radius 1 is 1.22 bits per heavy atom. The molecule has 23 heavy (non-hydrogen) atoms. The van der Waals surface area contributed by atoms with Crippen LogP contribution < -0.4 is 16.4 Å². The maximum Gasteiger partial charge on any atom is 0.220 e. The van der Waals surface area contributed by atoms with Crippen molar-refractivity contribution in [2.75, 3.05) is 4.90 Å². The molecule has 0 radical (unpaired) electrons. The Hall–Kier alpha value is -1.75. The molecule has 1 aromatic rings. The smallest absolute Gasteiger partial charge is 0.220 e. The van der Waals surface area contributed by atoms with Gasteiger partial charge in [0.05, 0.1) is 0 Å². The second-order valence-electron chi connectivity index (χ2n) is 6.42. The number of guanidine groups is 2. The van der Waals surface area contributed by atoms with Gasteiger partial charge in [-0.15, -0.1) is 12.4 Å². The lowest BCUT2D eigenvalue weighted by Gasteiger charge is -2.47. The first kappa shape index (κ1) is 17.6. The number of halogens is 1. The molecule has 1 saturated carbocycles.